The molecule has 0 saturated heterocycles. The van der Waals surface area contributed by atoms with Crippen LogP contribution in [-0.2, 0) is 10.7 Å². The highest BCUT2D eigenvalue weighted by Crippen LogP contribution is 2.43. The van der Waals surface area contributed by atoms with E-state index >= 15 is 0 Å². The average Bonchev–Trinajstić information content (AvgIpc) is 2.76. The van der Waals surface area contributed by atoms with Crippen LogP contribution in [0.2, 0.25) is 5.02 Å². The number of rotatable bonds is 7. The molecule has 0 aliphatic carbocycles. The zero-order valence-electron chi connectivity index (χ0n) is 16.8. The first-order valence-corrected chi connectivity index (χ1v) is 10.0. The van der Waals surface area contributed by atoms with Gasteiger partial charge in [-0.2, -0.15) is 0 Å². The summed E-state index contributed by atoms with van der Waals surface area (Å²) >= 11 is 12.6. The maximum atomic E-state index is 12.1. The Balaban J connectivity index is 2.24. The Kier molecular flexibility index (Phi) is 6.55. The fourth-order valence-corrected chi connectivity index (χ4v) is 4.29. The Morgan fingerprint density at radius 3 is 2.52 bits per heavy atom. The van der Waals surface area contributed by atoms with Gasteiger partial charge in [0.1, 0.15) is 12.0 Å². The second-order valence-electron chi connectivity index (χ2n) is 6.58. The molecule has 1 heterocycles. The van der Waals surface area contributed by atoms with Crippen LogP contribution in [-0.4, -0.2) is 46.4 Å². The number of anilines is 2. The Morgan fingerprint density at radius 1 is 1.24 bits per heavy atom. The topological polar surface area (TPSA) is 77.7 Å². The molecule has 1 aliphatic heterocycles. The molecule has 7 nitrogen and oxygen atoms in total. The molecule has 1 aliphatic rings. The predicted octanol–water partition coefficient (Wildman–Crippen LogP) is 2.78. The molecule has 4 N–H and O–H groups in total. The van der Waals surface area contributed by atoms with Crippen LogP contribution in [0.1, 0.15) is 5.56 Å². The number of hydrogen-bond acceptors (Lipinski definition) is 7. The number of likely N-dealkylation sites (N-methyl/N-ethyl adjacent to an activating group) is 2. The summed E-state index contributed by atoms with van der Waals surface area (Å²) in [6.45, 7) is 0. The summed E-state index contributed by atoms with van der Waals surface area (Å²) in [6.07, 6.45) is 0.884. The largest absolute Gasteiger partial charge is 0.495 e. The van der Waals surface area contributed by atoms with Crippen molar-refractivity contribution in [1.82, 2.24) is 16.1 Å². The number of fused-ring (bicyclic) bond motifs is 1. The number of halogens is 2. The minimum atomic E-state index is -0.855. The Labute approximate surface area is 180 Å². The van der Waals surface area contributed by atoms with Crippen molar-refractivity contribution < 1.29 is 9.53 Å². The summed E-state index contributed by atoms with van der Waals surface area (Å²) in [7, 11) is 6.93. The minimum Gasteiger partial charge on any atom is -0.495 e. The van der Waals surface area contributed by atoms with E-state index in [9.17, 15) is 4.79 Å². The highest BCUT2D eigenvalue weighted by molar-refractivity contribution is 6.32. The van der Waals surface area contributed by atoms with Crippen molar-refractivity contribution in [3.05, 3.63) is 40.9 Å². The van der Waals surface area contributed by atoms with Gasteiger partial charge in [0, 0.05) is 12.6 Å². The zero-order chi connectivity index (χ0) is 21.2. The Hall–Kier alpha value is -2.03. The van der Waals surface area contributed by atoms with Crippen molar-refractivity contribution in [3.63, 3.8) is 0 Å². The van der Waals surface area contributed by atoms with Gasteiger partial charge in [-0.05, 0) is 43.4 Å². The fraction of sp³-hybridized carbons (Fsp3) is 0.350. The molecule has 2 aromatic rings. The van der Waals surface area contributed by atoms with Crippen molar-refractivity contribution in [2.24, 2.45) is 0 Å². The van der Waals surface area contributed by atoms with Gasteiger partial charge in [0.25, 0.3) is 0 Å². The van der Waals surface area contributed by atoms with E-state index in [1.165, 1.54) is 0 Å². The number of carbonyl (C=O) groups is 1. The van der Waals surface area contributed by atoms with E-state index in [1.54, 1.807) is 34.3 Å². The van der Waals surface area contributed by atoms with Gasteiger partial charge in [0.05, 0.1) is 29.4 Å². The van der Waals surface area contributed by atoms with Crippen LogP contribution >= 0.6 is 23.2 Å². The summed E-state index contributed by atoms with van der Waals surface area (Å²) in [4.78, 5) is 12.1. The van der Waals surface area contributed by atoms with Gasteiger partial charge in [-0.1, -0.05) is 23.7 Å². The SMILES string of the molecule is CNN1c2c(ccc(-c3ccc(Cl)c(OC)c3)c2CCl)NC(NC)(NC)C1C=O. The molecule has 0 spiro atoms. The lowest BCUT2D eigenvalue weighted by Crippen LogP contribution is -2.75. The standard InChI is InChI=1S/C20H25Cl2N5O2/c1-23-20(24-2)18(11-28)27(25-3)19-14(10-21)13(6-8-16(19)26-20)12-5-7-15(22)17(9-12)29-4/h5-9,11,18,23-26H,10H2,1-4H3. The number of carbonyl (C=O) groups excluding carboxylic acids is 1. The van der Waals surface area contributed by atoms with E-state index in [4.69, 9.17) is 27.9 Å². The summed E-state index contributed by atoms with van der Waals surface area (Å²) < 4.78 is 5.36. The third-order valence-electron chi connectivity index (χ3n) is 5.33. The quantitative estimate of drug-likeness (QED) is 0.301. The van der Waals surface area contributed by atoms with Crippen LogP contribution in [0.15, 0.2) is 30.3 Å². The van der Waals surface area contributed by atoms with Gasteiger partial charge < -0.3 is 14.8 Å². The van der Waals surface area contributed by atoms with Crippen molar-refractivity contribution in [2.75, 3.05) is 38.6 Å². The number of nitrogens with zero attached hydrogens (tertiary/aromatic N) is 1. The van der Waals surface area contributed by atoms with Crippen molar-refractivity contribution in [1.29, 1.82) is 0 Å². The minimum absolute atomic E-state index is 0.251. The van der Waals surface area contributed by atoms with Gasteiger partial charge in [-0.15, -0.1) is 11.6 Å². The lowest BCUT2D eigenvalue weighted by atomic mass is 9.94. The maximum absolute atomic E-state index is 12.1. The molecule has 0 aromatic heterocycles. The normalized spacial score (nSPS) is 17.4. The third-order valence-corrected chi connectivity index (χ3v) is 5.91. The number of benzene rings is 2. The molecule has 3 rings (SSSR count). The molecule has 156 valence electrons. The second kappa shape index (κ2) is 8.77. The molecule has 1 atom stereocenters. The van der Waals surface area contributed by atoms with Crippen LogP contribution in [0, 0.1) is 0 Å². The highest BCUT2D eigenvalue weighted by Gasteiger charge is 2.46. The maximum Gasteiger partial charge on any atom is 0.173 e. The summed E-state index contributed by atoms with van der Waals surface area (Å²) in [5.74, 6) is -0.0194. The van der Waals surface area contributed by atoms with Crippen molar-refractivity contribution in [3.8, 4) is 16.9 Å². The van der Waals surface area contributed by atoms with E-state index in [0.29, 0.717) is 10.8 Å². The molecule has 0 fully saturated rings. The number of hydrogen-bond donors (Lipinski definition) is 4. The van der Waals surface area contributed by atoms with E-state index in [0.717, 1.165) is 34.4 Å². The van der Waals surface area contributed by atoms with E-state index in [-0.39, 0.29) is 5.88 Å². The number of hydrazine groups is 1. The lowest BCUT2D eigenvalue weighted by Gasteiger charge is -2.49. The Morgan fingerprint density at radius 2 is 1.97 bits per heavy atom. The third kappa shape index (κ3) is 3.53. The summed E-state index contributed by atoms with van der Waals surface area (Å²) in [5.41, 5.74) is 7.52. The van der Waals surface area contributed by atoms with Gasteiger partial charge in [-0.25, -0.2) is 5.43 Å². The Bertz CT molecular complexity index is 905. The van der Waals surface area contributed by atoms with Gasteiger partial charge >= 0.3 is 0 Å². The average molecular weight is 438 g/mol. The van der Waals surface area contributed by atoms with Gasteiger partial charge in [0.15, 0.2) is 11.8 Å². The van der Waals surface area contributed by atoms with Crippen LogP contribution in [0.3, 0.4) is 0 Å². The monoisotopic (exact) mass is 437 g/mol. The predicted molar refractivity (Wildman–Crippen MR) is 119 cm³/mol. The lowest BCUT2D eigenvalue weighted by molar-refractivity contribution is -0.110. The first-order valence-electron chi connectivity index (χ1n) is 9.13. The molecule has 9 heteroatoms. The zero-order valence-corrected chi connectivity index (χ0v) is 18.3. The summed E-state index contributed by atoms with van der Waals surface area (Å²) in [5, 5.41) is 12.1. The molecule has 0 saturated carbocycles. The molecular formula is C20H25Cl2N5O2. The van der Waals surface area contributed by atoms with Crippen molar-refractivity contribution in [2.45, 2.75) is 17.7 Å². The number of methoxy groups -OCH3 is 1. The molecule has 29 heavy (non-hydrogen) atoms. The fourth-order valence-electron chi connectivity index (χ4n) is 3.82. The molecule has 0 bridgehead atoms. The number of aldehydes is 1. The second-order valence-corrected chi connectivity index (χ2v) is 7.25. The molecule has 2 aromatic carbocycles. The van der Waals surface area contributed by atoms with E-state index < -0.39 is 11.8 Å². The molecule has 0 amide bonds. The van der Waals surface area contributed by atoms with Gasteiger partial charge in [0.2, 0.25) is 0 Å². The van der Waals surface area contributed by atoms with Crippen LogP contribution in [0.25, 0.3) is 11.1 Å². The summed E-state index contributed by atoms with van der Waals surface area (Å²) in [6, 6.07) is 8.97. The van der Waals surface area contributed by atoms with Gasteiger partial charge in [-0.3, -0.25) is 15.6 Å². The first-order chi connectivity index (χ1) is 14.0. The van der Waals surface area contributed by atoms with Crippen LogP contribution < -0.4 is 31.1 Å². The van der Waals surface area contributed by atoms with Crippen LogP contribution in [0.5, 0.6) is 5.75 Å². The van der Waals surface area contributed by atoms with Crippen LogP contribution in [0.4, 0.5) is 11.4 Å². The molecular weight excluding hydrogens is 413 g/mol. The number of ether oxygens (including phenoxy) is 1. The van der Waals surface area contributed by atoms with E-state index in [2.05, 4.69) is 21.4 Å². The highest BCUT2D eigenvalue weighted by atomic mass is 35.5. The number of alkyl halides is 1. The molecule has 0 radical (unpaired) electrons. The molecule has 1 unspecified atom stereocenters. The smallest absolute Gasteiger partial charge is 0.173 e. The first kappa shape index (κ1) is 21.7. The van der Waals surface area contributed by atoms with Crippen molar-refractivity contribution >= 4 is 40.9 Å². The van der Waals surface area contributed by atoms with E-state index in [1.807, 2.05) is 29.3 Å². The number of nitrogens with one attached hydrogen (secondary N) is 4.